The molecule has 2 rings (SSSR count). The van der Waals surface area contributed by atoms with Crippen LogP contribution in [0, 0.1) is 0 Å². The van der Waals surface area contributed by atoms with Gasteiger partial charge >= 0.3 is 0 Å². The average molecular weight is 274 g/mol. The van der Waals surface area contributed by atoms with E-state index in [2.05, 4.69) is 29.6 Å². The van der Waals surface area contributed by atoms with Gasteiger partial charge in [0.15, 0.2) is 0 Å². The summed E-state index contributed by atoms with van der Waals surface area (Å²) in [4.78, 5) is 14.7. The van der Waals surface area contributed by atoms with Gasteiger partial charge in [-0.25, -0.2) is 0 Å². The van der Waals surface area contributed by atoms with E-state index in [1.165, 1.54) is 11.1 Å². The SMILES string of the molecule is CCNC(C)(C)C(=O)N(C)C1CCCc2ccccc21. The molecule has 0 fully saturated rings. The zero-order chi connectivity index (χ0) is 14.8. The van der Waals surface area contributed by atoms with E-state index >= 15 is 0 Å². The van der Waals surface area contributed by atoms with E-state index in [9.17, 15) is 4.79 Å². The van der Waals surface area contributed by atoms with Crippen LogP contribution in [-0.4, -0.2) is 29.9 Å². The van der Waals surface area contributed by atoms with Crippen molar-refractivity contribution in [2.24, 2.45) is 0 Å². The fraction of sp³-hybridized carbons (Fsp3) is 0.588. The van der Waals surface area contributed by atoms with Crippen molar-refractivity contribution >= 4 is 5.91 Å². The van der Waals surface area contributed by atoms with Crippen molar-refractivity contribution in [3.8, 4) is 0 Å². The number of aryl methyl sites for hydroxylation is 1. The van der Waals surface area contributed by atoms with Gasteiger partial charge in [0.05, 0.1) is 11.6 Å². The van der Waals surface area contributed by atoms with Gasteiger partial charge in [0.1, 0.15) is 0 Å². The molecule has 1 atom stereocenters. The second kappa shape index (κ2) is 5.96. The molecule has 0 aliphatic heterocycles. The first-order valence-electron chi connectivity index (χ1n) is 7.57. The highest BCUT2D eigenvalue weighted by atomic mass is 16.2. The largest absolute Gasteiger partial charge is 0.337 e. The van der Waals surface area contributed by atoms with E-state index < -0.39 is 5.54 Å². The van der Waals surface area contributed by atoms with Crippen LogP contribution in [0.1, 0.15) is 50.8 Å². The minimum atomic E-state index is -0.504. The van der Waals surface area contributed by atoms with Crippen LogP contribution < -0.4 is 5.32 Å². The van der Waals surface area contributed by atoms with Gasteiger partial charge in [-0.2, -0.15) is 0 Å². The van der Waals surface area contributed by atoms with Crippen molar-refractivity contribution in [3.05, 3.63) is 35.4 Å². The van der Waals surface area contributed by atoms with E-state index in [1.807, 2.05) is 32.7 Å². The van der Waals surface area contributed by atoms with Crippen LogP contribution in [-0.2, 0) is 11.2 Å². The summed E-state index contributed by atoms with van der Waals surface area (Å²) < 4.78 is 0. The molecule has 3 nitrogen and oxygen atoms in total. The van der Waals surface area contributed by atoms with Crippen LogP contribution in [0.5, 0.6) is 0 Å². The van der Waals surface area contributed by atoms with Gasteiger partial charge < -0.3 is 10.2 Å². The Labute approximate surface area is 122 Å². The van der Waals surface area contributed by atoms with Crippen LogP contribution in [0.2, 0.25) is 0 Å². The summed E-state index contributed by atoms with van der Waals surface area (Å²) in [6.07, 6.45) is 3.34. The number of hydrogen-bond acceptors (Lipinski definition) is 2. The first kappa shape index (κ1) is 15.0. The number of carbonyl (C=O) groups is 1. The first-order chi connectivity index (χ1) is 9.47. The van der Waals surface area contributed by atoms with Crippen LogP contribution in [0.25, 0.3) is 0 Å². The van der Waals surface area contributed by atoms with Crippen LogP contribution in [0.4, 0.5) is 0 Å². The molecule has 1 N–H and O–H groups in total. The van der Waals surface area contributed by atoms with Crippen LogP contribution in [0.3, 0.4) is 0 Å². The number of fused-ring (bicyclic) bond motifs is 1. The lowest BCUT2D eigenvalue weighted by Crippen LogP contribution is -2.53. The van der Waals surface area contributed by atoms with Crippen molar-refractivity contribution in [2.45, 2.75) is 51.6 Å². The Balaban J connectivity index is 2.22. The van der Waals surface area contributed by atoms with E-state index in [4.69, 9.17) is 0 Å². The molecule has 20 heavy (non-hydrogen) atoms. The Bertz CT molecular complexity index is 482. The van der Waals surface area contributed by atoms with E-state index in [-0.39, 0.29) is 11.9 Å². The van der Waals surface area contributed by atoms with Gasteiger partial charge in [0.2, 0.25) is 5.91 Å². The highest BCUT2D eigenvalue weighted by Gasteiger charge is 2.34. The number of hydrogen-bond donors (Lipinski definition) is 1. The van der Waals surface area contributed by atoms with Crippen LogP contribution in [0.15, 0.2) is 24.3 Å². The number of benzene rings is 1. The van der Waals surface area contributed by atoms with Crippen molar-refractivity contribution in [2.75, 3.05) is 13.6 Å². The lowest BCUT2D eigenvalue weighted by molar-refractivity contribution is -0.138. The Morgan fingerprint density at radius 3 is 2.80 bits per heavy atom. The second-order valence-corrected chi connectivity index (χ2v) is 6.18. The summed E-state index contributed by atoms with van der Waals surface area (Å²) in [7, 11) is 1.94. The Morgan fingerprint density at radius 2 is 2.10 bits per heavy atom. The molecule has 0 spiro atoms. The van der Waals surface area contributed by atoms with Crippen molar-refractivity contribution in [1.29, 1.82) is 0 Å². The highest BCUT2D eigenvalue weighted by Crippen LogP contribution is 2.34. The maximum Gasteiger partial charge on any atom is 0.242 e. The summed E-state index contributed by atoms with van der Waals surface area (Å²) in [6, 6.07) is 8.74. The zero-order valence-corrected chi connectivity index (χ0v) is 13.1. The molecular formula is C17H26N2O. The molecule has 110 valence electrons. The third kappa shape index (κ3) is 2.88. The number of likely N-dealkylation sites (N-methyl/N-ethyl adjacent to an activating group) is 2. The average Bonchev–Trinajstić information content (AvgIpc) is 2.45. The van der Waals surface area contributed by atoms with Gasteiger partial charge in [-0.3, -0.25) is 4.79 Å². The number of carbonyl (C=O) groups excluding carboxylic acids is 1. The molecule has 0 bridgehead atoms. The maximum absolute atomic E-state index is 12.7. The van der Waals surface area contributed by atoms with Gasteiger partial charge in [0, 0.05) is 7.05 Å². The summed E-state index contributed by atoms with van der Waals surface area (Å²) in [5, 5.41) is 3.27. The normalized spacial score (nSPS) is 18.5. The standard InChI is InChI=1S/C17H26N2O/c1-5-18-17(2,3)16(20)19(4)15-12-8-10-13-9-6-7-11-14(13)15/h6-7,9,11,15,18H,5,8,10,12H2,1-4H3. The number of rotatable bonds is 4. The van der Waals surface area contributed by atoms with Crippen molar-refractivity contribution < 1.29 is 4.79 Å². The summed E-state index contributed by atoms with van der Waals surface area (Å²) in [5.41, 5.74) is 2.21. The van der Waals surface area contributed by atoms with E-state index in [0.29, 0.717) is 0 Å². The van der Waals surface area contributed by atoms with Crippen molar-refractivity contribution in [1.82, 2.24) is 10.2 Å². The molecule has 1 aromatic carbocycles. The smallest absolute Gasteiger partial charge is 0.242 e. The summed E-state index contributed by atoms with van der Waals surface area (Å²) >= 11 is 0. The molecule has 0 heterocycles. The predicted octanol–water partition coefficient (Wildman–Crippen LogP) is 2.91. The summed E-state index contributed by atoms with van der Waals surface area (Å²) in [5.74, 6) is 0.168. The third-order valence-corrected chi connectivity index (χ3v) is 4.28. The summed E-state index contributed by atoms with van der Waals surface area (Å²) in [6.45, 7) is 6.76. The monoisotopic (exact) mass is 274 g/mol. The van der Waals surface area contributed by atoms with E-state index in [0.717, 1.165) is 25.8 Å². The predicted molar refractivity (Wildman–Crippen MR) is 82.6 cm³/mol. The quantitative estimate of drug-likeness (QED) is 0.915. The minimum Gasteiger partial charge on any atom is -0.337 e. The lowest BCUT2D eigenvalue weighted by Gasteiger charge is -2.38. The fourth-order valence-electron chi connectivity index (χ4n) is 3.23. The number of nitrogens with one attached hydrogen (secondary N) is 1. The Kier molecular flexibility index (Phi) is 4.48. The van der Waals surface area contributed by atoms with Gasteiger partial charge in [0.25, 0.3) is 0 Å². The van der Waals surface area contributed by atoms with Crippen LogP contribution >= 0.6 is 0 Å². The number of nitrogens with zero attached hydrogens (tertiary/aromatic N) is 1. The molecule has 1 aliphatic rings. The fourth-order valence-corrected chi connectivity index (χ4v) is 3.23. The minimum absolute atomic E-state index is 0.168. The molecular weight excluding hydrogens is 248 g/mol. The Morgan fingerprint density at radius 1 is 1.40 bits per heavy atom. The highest BCUT2D eigenvalue weighted by molar-refractivity contribution is 5.85. The number of amides is 1. The molecule has 0 saturated heterocycles. The zero-order valence-electron chi connectivity index (χ0n) is 13.1. The third-order valence-electron chi connectivity index (χ3n) is 4.28. The molecule has 1 amide bonds. The molecule has 1 aromatic rings. The topological polar surface area (TPSA) is 32.3 Å². The molecule has 1 aliphatic carbocycles. The maximum atomic E-state index is 12.7. The molecule has 0 radical (unpaired) electrons. The van der Waals surface area contributed by atoms with E-state index in [1.54, 1.807) is 0 Å². The Hall–Kier alpha value is -1.35. The molecule has 0 saturated carbocycles. The molecule has 0 aromatic heterocycles. The van der Waals surface area contributed by atoms with Gasteiger partial charge in [-0.1, -0.05) is 31.2 Å². The van der Waals surface area contributed by atoms with Gasteiger partial charge in [-0.05, 0) is 50.8 Å². The molecule has 1 unspecified atom stereocenters. The van der Waals surface area contributed by atoms with Gasteiger partial charge in [-0.15, -0.1) is 0 Å². The van der Waals surface area contributed by atoms with Crippen molar-refractivity contribution in [3.63, 3.8) is 0 Å². The lowest BCUT2D eigenvalue weighted by atomic mass is 9.86. The first-order valence-corrected chi connectivity index (χ1v) is 7.57. The second-order valence-electron chi connectivity index (χ2n) is 6.18. The molecule has 3 heteroatoms.